The molecule has 216 valence electrons. The molecule has 39 heavy (non-hydrogen) atoms. The molecule has 1 saturated carbocycles. The quantitative estimate of drug-likeness (QED) is 0.303. The van der Waals surface area contributed by atoms with Gasteiger partial charge in [-0.3, -0.25) is 19.5 Å². The summed E-state index contributed by atoms with van der Waals surface area (Å²) in [6.45, 7) is 4.56. The maximum absolute atomic E-state index is 12.9. The van der Waals surface area contributed by atoms with Gasteiger partial charge in [-0.05, 0) is 57.7 Å². The van der Waals surface area contributed by atoms with Gasteiger partial charge in [-0.1, -0.05) is 6.07 Å². The number of nitrogens with zero attached hydrogens (tertiary/aromatic N) is 2. The molecule has 1 saturated heterocycles. The lowest BCUT2D eigenvalue weighted by molar-refractivity contribution is -0.137. The molecule has 0 aromatic heterocycles. The number of alkyl halides is 3. The molecule has 1 heterocycles. The number of nitrogens with one attached hydrogen (secondary N) is 2. The molecular formula is C27H37F3N4O5. The van der Waals surface area contributed by atoms with Gasteiger partial charge in [0.25, 0.3) is 5.91 Å². The molecule has 1 aliphatic heterocycles. The number of aliphatic hydroxyl groups is 1. The summed E-state index contributed by atoms with van der Waals surface area (Å²) in [4.78, 5) is 31.1. The minimum Gasteiger partial charge on any atom is -0.501 e. The zero-order valence-electron chi connectivity index (χ0n) is 22.7. The average Bonchev–Trinajstić information content (AvgIpc) is 2.89. The predicted octanol–water partition coefficient (Wildman–Crippen LogP) is 2.89. The van der Waals surface area contributed by atoms with E-state index in [4.69, 9.17) is 9.47 Å². The highest BCUT2D eigenvalue weighted by Crippen LogP contribution is 2.38. The average molecular weight is 555 g/mol. The molecule has 0 spiro atoms. The number of allylic oxidation sites excluding steroid dienone is 1. The first kappa shape index (κ1) is 30.6. The van der Waals surface area contributed by atoms with Crippen molar-refractivity contribution in [2.75, 3.05) is 33.9 Å². The van der Waals surface area contributed by atoms with Gasteiger partial charge in [0.15, 0.2) is 0 Å². The van der Waals surface area contributed by atoms with E-state index in [1.807, 2.05) is 0 Å². The van der Waals surface area contributed by atoms with Crippen LogP contribution in [0.1, 0.15) is 55.5 Å². The fraction of sp³-hybridized carbons (Fsp3) is 0.593. The summed E-state index contributed by atoms with van der Waals surface area (Å²) in [6, 6.07) is 4.23. The van der Waals surface area contributed by atoms with E-state index in [0.29, 0.717) is 37.3 Å². The van der Waals surface area contributed by atoms with Gasteiger partial charge in [-0.2, -0.15) is 13.2 Å². The minimum absolute atomic E-state index is 0.0855. The highest BCUT2D eigenvalue weighted by molar-refractivity contribution is 5.96. The number of hydrogen-bond acceptors (Lipinski definition) is 7. The van der Waals surface area contributed by atoms with Crippen molar-refractivity contribution in [3.05, 3.63) is 46.7 Å². The predicted molar refractivity (Wildman–Crippen MR) is 139 cm³/mol. The van der Waals surface area contributed by atoms with E-state index in [2.05, 4.69) is 20.5 Å². The molecule has 0 radical (unpaired) electrons. The van der Waals surface area contributed by atoms with Crippen LogP contribution >= 0.6 is 0 Å². The Labute approximate surface area is 226 Å². The first-order chi connectivity index (χ1) is 18.4. The van der Waals surface area contributed by atoms with Gasteiger partial charge < -0.3 is 25.2 Å². The zero-order valence-corrected chi connectivity index (χ0v) is 22.7. The first-order valence-electron chi connectivity index (χ1n) is 12.9. The molecule has 3 N–H and O–H groups in total. The standard InChI is InChI=1S/C27H37F3N4O5/c1-17(38-3)23(13-31-18(2)39-4)26(37)10-8-22(9-11-26)34-15-21(16-34)33-24(35)14-32-25(36)19-6-5-7-20(12-19)27(28,29)30/h5-7,12-13,18,21-22,37H,8-11,14-16H2,1-4H3,(H,32,36)(H,33,35)/b23-17-,31-13-. The maximum Gasteiger partial charge on any atom is 0.416 e. The molecule has 2 amide bonds. The van der Waals surface area contributed by atoms with Gasteiger partial charge in [0.05, 0.1) is 30.9 Å². The Morgan fingerprint density at radius 1 is 1.26 bits per heavy atom. The Morgan fingerprint density at radius 2 is 1.92 bits per heavy atom. The van der Waals surface area contributed by atoms with E-state index in [9.17, 15) is 27.9 Å². The molecule has 2 fully saturated rings. The van der Waals surface area contributed by atoms with Crippen LogP contribution in [-0.2, 0) is 20.4 Å². The number of carbonyl (C=O) groups is 2. The van der Waals surface area contributed by atoms with Crippen molar-refractivity contribution < 1.29 is 37.3 Å². The molecule has 1 aromatic rings. The summed E-state index contributed by atoms with van der Waals surface area (Å²) in [7, 11) is 3.12. The third-order valence-electron chi connectivity index (χ3n) is 7.38. The Bertz CT molecular complexity index is 1080. The number of methoxy groups -OCH3 is 2. The van der Waals surface area contributed by atoms with Crippen molar-refractivity contribution in [3.8, 4) is 0 Å². The van der Waals surface area contributed by atoms with Crippen LogP contribution in [0.2, 0.25) is 0 Å². The first-order valence-corrected chi connectivity index (χ1v) is 12.9. The molecule has 9 nitrogen and oxygen atoms in total. The lowest BCUT2D eigenvalue weighted by atomic mass is 9.76. The Hall–Kier alpha value is -2.96. The fourth-order valence-corrected chi connectivity index (χ4v) is 4.88. The van der Waals surface area contributed by atoms with Gasteiger partial charge >= 0.3 is 6.18 Å². The Morgan fingerprint density at radius 3 is 2.51 bits per heavy atom. The molecule has 1 unspecified atom stereocenters. The number of carbonyl (C=O) groups excluding carboxylic acids is 2. The third-order valence-corrected chi connectivity index (χ3v) is 7.38. The molecule has 0 bridgehead atoms. The van der Waals surface area contributed by atoms with Crippen molar-refractivity contribution in [2.45, 2.75) is 69.6 Å². The van der Waals surface area contributed by atoms with Crippen LogP contribution < -0.4 is 10.6 Å². The largest absolute Gasteiger partial charge is 0.501 e. The van der Waals surface area contributed by atoms with Crippen LogP contribution in [0.25, 0.3) is 0 Å². The topological polar surface area (TPSA) is 112 Å². The maximum atomic E-state index is 12.9. The molecular weight excluding hydrogens is 517 g/mol. The third kappa shape index (κ3) is 8.02. The van der Waals surface area contributed by atoms with Gasteiger partial charge in [0.1, 0.15) is 12.0 Å². The van der Waals surface area contributed by atoms with Crippen molar-refractivity contribution in [2.24, 2.45) is 4.99 Å². The number of halogens is 3. The zero-order chi connectivity index (χ0) is 28.8. The fourth-order valence-electron chi connectivity index (χ4n) is 4.88. The summed E-state index contributed by atoms with van der Waals surface area (Å²) in [5.74, 6) is -0.553. The lowest BCUT2D eigenvalue weighted by Gasteiger charge is -2.48. The number of benzene rings is 1. The number of amides is 2. The molecule has 1 aliphatic carbocycles. The number of hydrogen-bond donors (Lipinski definition) is 3. The van der Waals surface area contributed by atoms with Crippen LogP contribution in [-0.4, -0.2) is 85.8 Å². The summed E-state index contributed by atoms with van der Waals surface area (Å²) < 4.78 is 49.2. The monoisotopic (exact) mass is 554 g/mol. The van der Waals surface area contributed by atoms with Crippen LogP contribution in [0.4, 0.5) is 13.2 Å². The van der Waals surface area contributed by atoms with E-state index in [-0.39, 0.29) is 30.4 Å². The van der Waals surface area contributed by atoms with E-state index in [1.54, 1.807) is 34.3 Å². The van der Waals surface area contributed by atoms with Crippen LogP contribution in [0.3, 0.4) is 0 Å². The van der Waals surface area contributed by atoms with Gasteiger partial charge in [-0.15, -0.1) is 0 Å². The van der Waals surface area contributed by atoms with Crippen molar-refractivity contribution >= 4 is 18.0 Å². The SMILES string of the molecule is CO/C(C)=C(/C=N\C(C)OC)C1(O)CCC(N2CC(NC(=O)CNC(=O)c3cccc(C(F)(F)F)c3)C2)CC1. The number of rotatable bonds is 10. The van der Waals surface area contributed by atoms with E-state index in [1.165, 1.54) is 6.07 Å². The van der Waals surface area contributed by atoms with E-state index >= 15 is 0 Å². The smallest absolute Gasteiger partial charge is 0.416 e. The summed E-state index contributed by atoms with van der Waals surface area (Å²) in [6.07, 6.45) is -0.663. The van der Waals surface area contributed by atoms with E-state index < -0.39 is 29.2 Å². The second-order valence-corrected chi connectivity index (χ2v) is 10.0. The molecule has 3 rings (SSSR count). The van der Waals surface area contributed by atoms with Crippen LogP contribution in [0, 0.1) is 0 Å². The van der Waals surface area contributed by atoms with Crippen LogP contribution in [0.5, 0.6) is 0 Å². The Kier molecular flexibility index (Phi) is 10.1. The van der Waals surface area contributed by atoms with Gasteiger partial charge in [0.2, 0.25) is 5.91 Å². The molecule has 1 aromatic carbocycles. The van der Waals surface area contributed by atoms with Gasteiger partial charge in [-0.25, -0.2) is 0 Å². The summed E-state index contributed by atoms with van der Waals surface area (Å²) in [5, 5.41) is 16.6. The summed E-state index contributed by atoms with van der Waals surface area (Å²) in [5.41, 5.74) is -1.49. The van der Waals surface area contributed by atoms with Crippen molar-refractivity contribution in [3.63, 3.8) is 0 Å². The molecule has 12 heteroatoms. The lowest BCUT2D eigenvalue weighted by Crippen LogP contribution is -2.63. The summed E-state index contributed by atoms with van der Waals surface area (Å²) >= 11 is 0. The van der Waals surface area contributed by atoms with Crippen molar-refractivity contribution in [1.29, 1.82) is 0 Å². The second-order valence-electron chi connectivity index (χ2n) is 10.0. The number of ether oxygens (including phenoxy) is 2. The highest BCUT2D eigenvalue weighted by atomic mass is 19.4. The molecule has 1 atom stereocenters. The molecule has 2 aliphatic rings. The minimum atomic E-state index is -4.56. The van der Waals surface area contributed by atoms with Crippen molar-refractivity contribution in [1.82, 2.24) is 15.5 Å². The van der Waals surface area contributed by atoms with E-state index in [0.717, 1.165) is 31.0 Å². The number of aliphatic imine (C=N–C) groups is 1. The van der Waals surface area contributed by atoms with Crippen LogP contribution in [0.15, 0.2) is 40.6 Å². The Balaban J connectivity index is 1.43. The highest BCUT2D eigenvalue weighted by Gasteiger charge is 2.42. The number of likely N-dealkylation sites (tertiary alicyclic amines) is 1. The normalized spacial score (nSPS) is 24.1. The van der Waals surface area contributed by atoms with Gasteiger partial charge in [0, 0.05) is 43.6 Å². The second kappa shape index (κ2) is 12.9.